The van der Waals surface area contributed by atoms with E-state index in [1.54, 1.807) is 16.2 Å². The Hall–Kier alpha value is -2.26. The molecule has 1 aromatic heterocycles. The molecule has 2 fully saturated rings. The number of carbonyl (C=O) groups is 1. The highest BCUT2D eigenvalue weighted by Gasteiger charge is 2.34. The maximum Gasteiger partial charge on any atom is 0.416 e. The fourth-order valence-electron chi connectivity index (χ4n) is 3.90. The molecular weight excluding hydrogens is 403 g/mol. The van der Waals surface area contributed by atoms with E-state index >= 15 is 0 Å². The number of anilines is 2. The van der Waals surface area contributed by atoms with Crippen LogP contribution in [0.2, 0.25) is 0 Å². The Balaban J connectivity index is 1.60. The summed E-state index contributed by atoms with van der Waals surface area (Å²) >= 11 is 1.57. The number of thiophene rings is 1. The minimum Gasteiger partial charge on any atom is -0.378 e. The summed E-state index contributed by atoms with van der Waals surface area (Å²) in [5, 5.41) is 6.74. The minimum atomic E-state index is -4.48. The molecule has 1 atom stereocenters. The number of hydrogen-bond acceptors (Lipinski definition) is 4. The molecule has 0 spiro atoms. The Morgan fingerprint density at radius 3 is 2.66 bits per heavy atom. The van der Waals surface area contributed by atoms with E-state index in [2.05, 4.69) is 5.32 Å². The molecule has 0 aliphatic carbocycles. The van der Waals surface area contributed by atoms with Crippen molar-refractivity contribution in [1.29, 1.82) is 0 Å². The van der Waals surface area contributed by atoms with Crippen LogP contribution < -0.4 is 10.2 Å². The number of carbonyl (C=O) groups excluding carboxylic acids is 1. The van der Waals surface area contributed by atoms with Crippen LogP contribution in [-0.4, -0.2) is 43.8 Å². The van der Waals surface area contributed by atoms with Gasteiger partial charge < -0.3 is 19.9 Å². The molecule has 0 bridgehead atoms. The van der Waals surface area contributed by atoms with Crippen molar-refractivity contribution in [2.75, 3.05) is 43.1 Å². The first kappa shape index (κ1) is 20.0. The second kappa shape index (κ2) is 8.23. The number of benzene rings is 1. The summed E-state index contributed by atoms with van der Waals surface area (Å²) in [6.07, 6.45) is -2.76. The molecule has 2 aromatic rings. The van der Waals surface area contributed by atoms with Crippen molar-refractivity contribution in [1.82, 2.24) is 4.90 Å². The van der Waals surface area contributed by atoms with Crippen molar-refractivity contribution in [2.45, 2.75) is 25.1 Å². The van der Waals surface area contributed by atoms with Crippen LogP contribution in [0.15, 0.2) is 35.0 Å². The van der Waals surface area contributed by atoms with E-state index in [1.807, 2.05) is 21.7 Å². The van der Waals surface area contributed by atoms with Crippen LogP contribution in [0.5, 0.6) is 0 Å². The van der Waals surface area contributed by atoms with Gasteiger partial charge in [-0.2, -0.15) is 24.5 Å². The molecule has 2 amide bonds. The first-order chi connectivity index (χ1) is 13.9. The maximum absolute atomic E-state index is 13.3. The number of alkyl halides is 3. The molecular formula is C20H22F3N3O2S. The number of hydrogen-bond donors (Lipinski definition) is 1. The Kier molecular flexibility index (Phi) is 5.69. The molecule has 3 heterocycles. The van der Waals surface area contributed by atoms with Crippen LogP contribution in [0.25, 0.3) is 0 Å². The predicted octanol–water partition coefficient (Wildman–Crippen LogP) is 4.97. The largest absolute Gasteiger partial charge is 0.416 e. The van der Waals surface area contributed by atoms with E-state index in [-0.39, 0.29) is 17.8 Å². The van der Waals surface area contributed by atoms with Crippen LogP contribution in [0.1, 0.15) is 30.0 Å². The van der Waals surface area contributed by atoms with Crippen LogP contribution in [0, 0.1) is 0 Å². The predicted molar refractivity (Wildman–Crippen MR) is 106 cm³/mol. The molecule has 4 rings (SSSR count). The molecule has 156 valence electrons. The van der Waals surface area contributed by atoms with Gasteiger partial charge in [0.25, 0.3) is 0 Å². The van der Waals surface area contributed by atoms with Gasteiger partial charge in [0.1, 0.15) is 0 Å². The lowest BCUT2D eigenvalue weighted by Gasteiger charge is -2.32. The lowest BCUT2D eigenvalue weighted by Crippen LogP contribution is -2.38. The second-order valence-electron chi connectivity index (χ2n) is 7.17. The topological polar surface area (TPSA) is 44.8 Å². The zero-order valence-electron chi connectivity index (χ0n) is 15.7. The van der Waals surface area contributed by atoms with Crippen molar-refractivity contribution in [3.63, 3.8) is 0 Å². The number of nitrogens with zero attached hydrogens (tertiary/aromatic N) is 2. The maximum atomic E-state index is 13.3. The number of likely N-dealkylation sites (tertiary alicyclic amines) is 1. The van der Waals surface area contributed by atoms with E-state index in [9.17, 15) is 18.0 Å². The number of ether oxygens (including phenoxy) is 1. The number of amides is 2. The Morgan fingerprint density at radius 1 is 1.17 bits per heavy atom. The van der Waals surface area contributed by atoms with Gasteiger partial charge in [-0.3, -0.25) is 0 Å². The fourth-order valence-corrected chi connectivity index (χ4v) is 4.61. The van der Waals surface area contributed by atoms with Crippen molar-refractivity contribution in [2.24, 2.45) is 0 Å². The van der Waals surface area contributed by atoms with Crippen molar-refractivity contribution < 1.29 is 22.7 Å². The average Bonchev–Trinajstić information content (AvgIpc) is 3.39. The highest BCUT2D eigenvalue weighted by Crippen LogP contribution is 2.37. The third-order valence-electron chi connectivity index (χ3n) is 5.36. The summed E-state index contributed by atoms with van der Waals surface area (Å²) in [6, 6.07) is 5.10. The SMILES string of the molecule is O=C(Nc1cc(C(F)(F)F)ccc1N1CCOCC1)N1CCC[C@H]1c1ccsc1. The summed E-state index contributed by atoms with van der Waals surface area (Å²) < 4.78 is 45.2. The summed E-state index contributed by atoms with van der Waals surface area (Å²) in [6.45, 7) is 2.71. The van der Waals surface area contributed by atoms with E-state index in [0.29, 0.717) is 38.5 Å². The quantitative estimate of drug-likeness (QED) is 0.755. The zero-order valence-corrected chi connectivity index (χ0v) is 16.6. The average molecular weight is 425 g/mol. The highest BCUT2D eigenvalue weighted by molar-refractivity contribution is 7.08. The van der Waals surface area contributed by atoms with Crippen LogP contribution in [-0.2, 0) is 10.9 Å². The number of morpholine rings is 1. The van der Waals surface area contributed by atoms with Gasteiger partial charge in [0.05, 0.1) is 36.2 Å². The van der Waals surface area contributed by atoms with Crippen molar-refractivity contribution in [3.05, 3.63) is 46.2 Å². The van der Waals surface area contributed by atoms with Crippen molar-refractivity contribution in [3.8, 4) is 0 Å². The molecule has 29 heavy (non-hydrogen) atoms. The van der Waals surface area contributed by atoms with Gasteiger partial charge in [-0.1, -0.05) is 0 Å². The van der Waals surface area contributed by atoms with E-state index in [0.717, 1.165) is 30.5 Å². The summed E-state index contributed by atoms with van der Waals surface area (Å²) in [4.78, 5) is 16.7. The second-order valence-corrected chi connectivity index (χ2v) is 7.95. The third-order valence-corrected chi connectivity index (χ3v) is 6.06. The Bertz CT molecular complexity index is 851. The van der Waals surface area contributed by atoms with Crippen LogP contribution in [0.3, 0.4) is 0 Å². The molecule has 0 radical (unpaired) electrons. The molecule has 1 aromatic carbocycles. The van der Waals surface area contributed by atoms with Gasteiger partial charge in [-0.25, -0.2) is 4.79 Å². The standard InChI is InChI=1S/C20H22F3N3O2S/c21-20(22,23)15-3-4-18(25-7-9-28-10-8-25)16(12-15)24-19(27)26-6-1-2-17(26)14-5-11-29-13-14/h3-5,11-13,17H,1-2,6-10H2,(H,24,27)/t17-/m0/s1. The molecule has 0 unspecified atom stereocenters. The normalized spacial score (nSPS) is 20.2. The van der Waals surface area contributed by atoms with Gasteiger partial charge in [0.2, 0.25) is 0 Å². The smallest absolute Gasteiger partial charge is 0.378 e. The minimum absolute atomic E-state index is 0.0427. The Morgan fingerprint density at radius 2 is 1.97 bits per heavy atom. The van der Waals surface area contributed by atoms with Gasteiger partial charge >= 0.3 is 12.2 Å². The molecule has 0 saturated carbocycles. The fraction of sp³-hybridized carbons (Fsp3) is 0.450. The zero-order chi connectivity index (χ0) is 20.4. The number of nitrogens with one attached hydrogen (secondary N) is 1. The summed E-state index contributed by atoms with van der Waals surface area (Å²) in [7, 11) is 0. The molecule has 2 aliphatic heterocycles. The van der Waals surface area contributed by atoms with Gasteiger partial charge in [-0.15, -0.1) is 0 Å². The van der Waals surface area contributed by atoms with Gasteiger partial charge in [-0.05, 0) is 53.4 Å². The first-order valence-corrected chi connectivity index (χ1v) is 10.5. The first-order valence-electron chi connectivity index (χ1n) is 9.57. The Labute approximate surface area is 171 Å². The monoisotopic (exact) mass is 425 g/mol. The van der Waals surface area contributed by atoms with Gasteiger partial charge in [0, 0.05) is 19.6 Å². The van der Waals surface area contributed by atoms with E-state index in [1.165, 1.54) is 6.07 Å². The number of urea groups is 1. The molecule has 2 aliphatic rings. The number of rotatable bonds is 3. The third kappa shape index (κ3) is 4.35. The molecule has 5 nitrogen and oxygen atoms in total. The van der Waals surface area contributed by atoms with Crippen LogP contribution in [0.4, 0.5) is 29.3 Å². The summed E-state index contributed by atoms with van der Waals surface area (Å²) in [5.74, 6) is 0. The van der Waals surface area contributed by atoms with E-state index < -0.39 is 11.7 Å². The molecule has 1 N–H and O–H groups in total. The van der Waals surface area contributed by atoms with Gasteiger partial charge in [0.15, 0.2) is 0 Å². The number of halogens is 3. The van der Waals surface area contributed by atoms with Crippen molar-refractivity contribution >= 4 is 28.7 Å². The summed E-state index contributed by atoms with van der Waals surface area (Å²) in [5.41, 5.74) is 1.06. The van der Waals surface area contributed by atoms with E-state index in [4.69, 9.17) is 4.74 Å². The highest BCUT2D eigenvalue weighted by atomic mass is 32.1. The lowest BCUT2D eigenvalue weighted by atomic mass is 10.1. The lowest BCUT2D eigenvalue weighted by molar-refractivity contribution is -0.137. The van der Waals surface area contributed by atoms with Crippen LogP contribution >= 0.6 is 11.3 Å². The molecule has 2 saturated heterocycles. The molecule has 9 heteroatoms.